The summed E-state index contributed by atoms with van der Waals surface area (Å²) < 4.78 is 0. The number of nitrogens with one attached hydrogen (secondary N) is 2. The van der Waals surface area contributed by atoms with Gasteiger partial charge < -0.3 is 20.4 Å². The highest BCUT2D eigenvalue weighted by molar-refractivity contribution is 7.14. The molecule has 2 aliphatic rings. The Morgan fingerprint density at radius 3 is 2.18 bits per heavy atom. The van der Waals surface area contributed by atoms with Crippen molar-refractivity contribution in [3.63, 3.8) is 0 Å². The summed E-state index contributed by atoms with van der Waals surface area (Å²) >= 11 is 1.30. The number of amides is 4. The van der Waals surface area contributed by atoms with Gasteiger partial charge in [0.25, 0.3) is 11.8 Å². The van der Waals surface area contributed by atoms with E-state index in [2.05, 4.69) is 24.5 Å². The molecule has 2 N–H and O–H groups in total. The Morgan fingerprint density at radius 2 is 1.58 bits per heavy atom. The van der Waals surface area contributed by atoms with Crippen LogP contribution in [0.4, 0.5) is 5.00 Å². The number of nitrogens with zero attached hydrogens (tertiary/aromatic N) is 2. The monoisotopic (exact) mass is 468 g/mol. The summed E-state index contributed by atoms with van der Waals surface area (Å²) in [5, 5.41) is 7.83. The summed E-state index contributed by atoms with van der Waals surface area (Å²) in [6, 6.07) is 9.28. The van der Waals surface area contributed by atoms with Gasteiger partial charge in [-0.3, -0.25) is 19.2 Å². The van der Waals surface area contributed by atoms with Gasteiger partial charge in [0.05, 0.1) is 5.56 Å². The first-order chi connectivity index (χ1) is 15.8. The van der Waals surface area contributed by atoms with E-state index in [1.807, 2.05) is 12.1 Å². The minimum absolute atomic E-state index is 0.129. The summed E-state index contributed by atoms with van der Waals surface area (Å²) in [6.07, 6.45) is 1.84. The number of rotatable bonds is 5. The van der Waals surface area contributed by atoms with Crippen LogP contribution >= 0.6 is 11.3 Å². The first-order valence-corrected chi connectivity index (χ1v) is 12.1. The summed E-state index contributed by atoms with van der Waals surface area (Å²) in [5.74, 6) is -1.19. The lowest BCUT2D eigenvalue weighted by atomic mass is 10.0. The van der Waals surface area contributed by atoms with Crippen LogP contribution in [0, 0.1) is 0 Å². The third kappa shape index (κ3) is 5.42. The molecule has 9 heteroatoms. The van der Waals surface area contributed by atoms with Gasteiger partial charge in [-0.1, -0.05) is 26.0 Å². The van der Waals surface area contributed by atoms with E-state index in [1.54, 1.807) is 28.5 Å². The number of carbonyl (C=O) groups excluding carboxylic acids is 4. The molecule has 33 heavy (non-hydrogen) atoms. The molecule has 0 atom stereocenters. The van der Waals surface area contributed by atoms with Gasteiger partial charge in [-0.05, 0) is 47.9 Å². The predicted octanol–water partition coefficient (Wildman–Crippen LogP) is 2.69. The Morgan fingerprint density at radius 1 is 0.939 bits per heavy atom. The zero-order valence-corrected chi connectivity index (χ0v) is 19.6. The van der Waals surface area contributed by atoms with E-state index in [0.29, 0.717) is 48.2 Å². The van der Waals surface area contributed by atoms with Gasteiger partial charge in [-0.25, -0.2) is 0 Å². The van der Waals surface area contributed by atoms with E-state index in [9.17, 15) is 19.2 Å². The molecule has 8 nitrogen and oxygen atoms in total. The smallest absolute Gasteiger partial charge is 0.312 e. The van der Waals surface area contributed by atoms with Crippen molar-refractivity contribution >= 4 is 40.0 Å². The van der Waals surface area contributed by atoms with Crippen LogP contribution in [0.2, 0.25) is 0 Å². The maximum atomic E-state index is 13.1. The van der Waals surface area contributed by atoms with E-state index in [-0.39, 0.29) is 17.9 Å². The quantitative estimate of drug-likeness (QED) is 0.659. The molecule has 0 bridgehead atoms. The first kappa shape index (κ1) is 23.0. The fourth-order valence-corrected chi connectivity index (χ4v) is 4.44. The second-order valence-corrected chi connectivity index (χ2v) is 9.64. The standard InChI is InChI=1S/C24H28N4O4S/c1-15(2)16-3-5-17(6-4-16)20(29)26-22-19(9-14-33-22)23(31)27-10-12-28(13-11-27)24(32)21(30)25-18-7-8-18/h3-6,9,14-15,18H,7-8,10-13H2,1-2H3,(H,25,30)(H,26,29). The van der Waals surface area contributed by atoms with Crippen LogP contribution in [0.5, 0.6) is 0 Å². The Kier molecular flexibility index (Phi) is 6.78. The normalized spacial score (nSPS) is 16.0. The molecule has 4 rings (SSSR count). The van der Waals surface area contributed by atoms with E-state index < -0.39 is 11.8 Å². The minimum atomic E-state index is -0.568. The number of benzene rings is 1. The van der Waals surface area contributed by atoms with Gasteiger partial charge in [0.2, 0.25) is 0 Å². The average molecular weight is 469 g/mol. The molecule has 1 aliphatic heterocycles. The number of hydrogen-bond donors (Lipinski definition) is 2. The average Bonchev–Trinajstić information content (AvgIpc) is 3.52. The fraction of sp³-hybridized carbons (Fsp3) is 0.417. The van der Waals surface area contributed by atoms with E-state index in [4.69, 9.17) is 0 Å². The summed E-state index contributed by atoms with van der Waals surface area (Å²) in [4.78, 5) is 53.2. The van der Waals surface area contributed by atoms with Crippen LogP contribution in [0.1, 0.15) is 58.9 Å². The largest absolute Gasteiger partial charge is 0.345 e. The van der Waals surface area contributed by atoms with Gasteiger partial charge >= 0.3 is 11.8 Å². The highest BCUT2D eigenvalue weighted by atomic mass is 32.1. The molecule has 0 radical (unpaired) electrons. The van der Waals surface area contributed by atoms with Crippen molar-refractivity contribution in [1.29, 1.82) is 0 Å². The number of anilines is 1. The predicted molar refractivity (Wildman–Crippen MR) is 126 cm³/mol. The summed E-state index contributed by atoms with van der Waals surface area (Å²) in [5.41, 5.74) is 2.11. The van der Waals surface area contributed by atoms with Gasteiger partial charge in [-0.2, -0.15) is 0 Å². The van der Waals surface area contributed by atoms with Crippen molar-refractivity contribution in [2.24, 2.45) is 0 Å². The number of hydrogen-bond acceptors (Lipinski definition) is 5. The van der Waals surface area contributed by atoms with Crippen LogP contribution in [-0.4, -0.2) is 65.6 Å². The van der Waals surface area contributed by atoms with Crippen LogP contribution in [0.15, 0.2) is 35.7 Å². The van der Waals surface area contributed by atoms with E-state index in [0.717, 1.165) is 18.4 Å². The molecule has 2 aromatic rings. The SMILES string of the molecule is CC(C)c1ccc(C(=O)Nc2sccc2C(=O)N2CCN(C(=O)C(=O)NC3CC3)CC2)cc1. The van der Waals surface area contributed by atoms with Crippen molar-refractivity contribution < 1.29 is 19.2 Å². The second kappa shape index (κ2) is 9.74. The molecule has 1 saturated carbocycles. The number of carbonyl (C=O) groups is 4. The molecule has 4 amide bonds. The maximum absolute atomic E-state index is 13.1. The van der Waals surface area contributed by atoms with Crippen LogP contribution in [0.25, 0.3) is 0 Å². The third-order valence-electron chi connectivity index (χ3n) is 5.92. The zero-order valence-electron chi connectivity index (χ0n) is 18.8. The lowest BCUT2D eigenvalue weighted by Crippen LogP contribution is -2.54. The van der Waals surface area contributed by atoms with E-state index in [1.165, 1.54) is 16.2 Å². The van der Waals surface area contributed by atoms with Crippen molar-refractivity contribution in [2.75, 3.05) is 31.5 Å². The molecular formula is C24H28N4O4S. The molecule has 2 heterocycles. The Balaban J connectivity index is 1.34. The Labute approximate surface area is 196 Å². The van der Waals surface area contributed by atoms with Gasteiger partial charge in [-0.15, -0.1) is 11.3 Å². The summed E-state index contributed by atoms with van der Waals surface area (Å²) in [7, 11) is 0. The number of piperazine rings is 1. The zero-order chi connectivity index (χ0) is 23.5. The van der Waals surface area contributed by atoms with E-state index >= 15 is 0 Å². The van der Waals surface area contributed by atoms with Crippen molar-refractivity contribution in [3.8, 4) is 0 Å². The third-order valence-corrected chi connectivity index (χ3v) is 6.75. The highest BCUT2D eigenvalue weighted by Crippen LogP contribution is 2.26. The van der Waals surface area contributed by atoms with Crippen LogP contribution in [-0.2, 0) is 9.59 Å². The second-order valence-electron chi connectivity index (χ2n) is 8.73. The fourth-order valence-electron chi connectivity index (χ4n) is 3.67. The number of thiophene rings is 1. The van der Waals surface area contributed by atoms with Crippen molar-refractivity contribution in [3.05, 3.63) is 52.4 Å². The molecule has 1 saturated heterocycles. The maximum Gasteiger partial charge on any atom is 0.312 e. The van der Waals surface area contributed by atoms with Crippen molar-refractivity contribution in [1.82, 2.24) is 15.1 Å². The first-order valence-electron chi connectivity index (χ1n) is 11.2. The summed E-state index contributed by atoms with van der Waals surface area (Å²) in [6.45, 7) is 5.46. The van der Waals surface area contributed by atoms with Gasteiger partial charge in [0.1, 0.15) is 5.00 Å². The lowest BCUT2D eigenvalue weighted by molar-refractivity contribution is -0.146. The van der Waals surface area contributed by atoms with Gasteiger partial charge in [0, 0.05) is 37.8 Å². The van der Waals surface area contributed by atoms with Crippen LogP contribution < -0.4 is 10.6 Å². The van der Waals surface area contributed by atoms with Crippen LogP contribution in [0.3, 0.4) is 0 Å². The molecule has 1 aromatic carbocycles. The van der Waals surface area contributed by atoms with Crippen molar-refractivity contribution in [2.45, 2.75) is 38.6 Å². The Bertz CT molecular complexity index is 1050. The molecule has 0 unspecified atom stereocenters. The molecule has 1 aromatic heterocycles. The molecular weight excluding hydrogens is 440 g/mol. The lowest BCUT2D eigenvalue weighted by Gasteiger charge is -2.34. The molecule has 1 aliphatic carbocycles. The minimum Gasteiger partial charge on any atom is -0.345 e. The molecule has 174 valence electrons. The molecule has 2 fully saturated rings. The Hall–Kier alpha value is -3.20. The topological polar surface area (TPSA) is 98.8 Å². The van der Waals surface area contributed by atoms with Gasteiger partial charge in [0.15, 0.2) is 0 Å². The molecule has 0 spiro atoms. The highest BCUT2D eigenvalue weighted by Gasteiger charge is 2.32.